The molecule has 1 aliphatic heterocycles. The van der Waals surface area contributed by atoms with E-state index >= 15 is 0 Å². The van der Waals surface area contributed by atoms with Crippen LogP contribution in [0.1, 0.15) is 31.4 Å². The average molecular weight is 324 g/mol. The van der Waals surface area contributed by atoms with Gasteiger partial charge in [-0.3, -0.25) is 14.6 Å². The number of rotatable bonds is 3. The van der Waals surface area contributed by atoms with Crippen molar-refractivity contribution in [3.8, 4) is 11.1 Å². The van der Waals surface area contributed by atoms with Gasteiger partial charge in [0.05, 0.1) is 5.41 Å². The molecule has 1 aromatic heterocycles. The summed E-state index contributed by atoms with van der Waals surface area (Å²) in [6.45, 7) is 3.34. The summed E-state index contributed by atoms with van der Waals surface area (Å²) in [6.07, 6.45) is 4.57. The highest BCUT2D eigenvalue weighted by Crippen LogP contribution is 2.32. The molecule has 0 saturated heterocycles. The van der Waals surface area contributed by atoms with Gasteiger partial charge >= 0.3 is 5.97 Å². The van der Waals surface area contributed by atoms with E-state index in [1.807, 2.05) is 18.2 Å². The number of anilines is 1. The minimum absolute atomic E-state index is 0.127. The molecule has 0 bridgehead atoms. The summed E-state index contributed by atoms with van der Waals surface area (Å²) in [4.78, 5) is 29.2. The van der Waals surface area contributed by atoms with Gasteiger partial charge in [0.25, 0.3) is 0 Å². The number of nitrogens with zero attached hydrogens (tertiary/aromatic N) is 2. The lowest BCUT2D eigenvalue weighted by Gasteiger charge is -2.26. The number of carboxylic acid groups (broad SMARTS) is 1. The van der Waals surface area contributed by atoms with Gasteiger partial charge in [0.2, 0.25) is 5.91 Å². The number of carbonyl (C=O) groups excluding carboxylic acids is 1. The summed E-state index contributed by atoms with van der Waals surface area (Å²) < 4.78 is 0. The lowest BCUT2D eigenvalue weighted by atomic mass is 9.84. The minimum Gasteiger partial charge on any atom is -0.481 e. The fourth-order valence-electron chi connectivity index (χ4n) is 2.90. The van der Waals surface area contributed by atoms with E-state index in [4.69, 9.17) is 0 Å². The van der Waals surface area contributed by atoms with Gasteiger partial charge in [-0.1, -0.05) is 6.07 Å². The Morgan fingerprint density at radius 3 is 2.62 bits per heavy atom. The number of aryl methyl sites for hydroxylation is 1. The molecule has 0 spiro atoms. The predicted octanol–water partition coefficient (Wildman–Crippen LogP) is 3.02. The van der Waals surface area contributed by atoms with Crippen molar-refractivity contribution in [1.82, 2.24) is 4.98 Å². The lowest BCUT2D eigenvalue weighted by molar-refractivity contribution is -0.142. The maximum Gasteiger partial charge on any atom is 0.313 e. The zero-order chi connectivity index (χ0) is 17.5. The Balaban J connectivity index is 2.02. The molecule has 24 heavy (non-hydrogen) atoms. The maximum absolute atomic E-state index is 11.8. The van der Waals surface area contributed by atoms with E-state index in [1.165, 1.54) is 0 Å². The summed E-state index contributed by atoms with van der Waals surface area (Å²) in [5.74, 6) is -0.755. The molecule has 2 aromatic rings. The number of aromatic nitrogens is 1. The van der Waals surface area contributed by atoms with Gasteiger partial charge in [-0.15, -0.1) is 0 Å². The monoisotopic (exact) mass is 324 g/mol. The first-order chi connectivity index (χ1) is 11.3. The second-order valence-electron chi connectivity index (χ2n) is 6.69. The van der Waals surface area contributed by atoms with Crippen LogP contribution in [0.4, 0.5) is 5.69 Å². The molecule has 0 saturated carbocycles. The second kappa shape index (κ2) is 5.74. The molecule has 1 aliphatic rings. The van der Waals surface area contributed by atoms with Crippen LogP contribution in [0.3, 0.4) is 0 Å². The molecule has 2 heterocycles. The SMILES string of the molecule is CN1C(=O)CCc2cc(-c3cncc(C(C)(C)C(=O)O)c3)ccc21. The Kier molecular flexibility index (Phi) is 3.87. The Hall–Kier alpha value is -2.69. The molecule has 1 aromatic carbocycles. The van der Waals surface area contributed by atoms with Crippen molar-refractivity contribution < 1.29 is 14.7 Å². The topological polar surface area (TPSA) is 70.5 Å². The molecular formula is C19H20N2O3. The van der Waals surface area contributed by atoms with Crippen LogP contribution in [-0.2, 0) is 21.4 Å². The quantitative estimate of drug-likeness (QED) is 0.942. The Morgan fingerprint density at radius 2 is 1.92 bits per heavy atom. The maximum atomic E-state index is 11.8. The Morgan fingerprint density at radius 1 is 1.17 bits per heavy atom. The van der Waals surface area contributed by atoms with E-state index in [2.05, 4.69) is 11.1 Å². The zero-order valence-electron chi connectivity index (χ0n) is 14.0. The van der Waals surface area contributed by atoms with Crippen LogP contribution < -0.4 is 4.90 Å². The molecule has 0 atom stereocenters. The van der Waals surface area contributed by atoms with Crippen LogP contribution in [0.5, 0.6) is 0 Å². The summed E-state index contributed by atoms with van der Waals surface area (Å²) in [6, 6.07) is 7.83. The van der Waals surface area contributed by atoms with Gasteiger partial charge < -0.3 is 10.0 Å². The minimum atomic E-state index is -0.996. The van der Waals surface area contributed by atoms with Crippen molar-refractivity contribution in [1.29, 1.82) is 0 Å². The standard InChI is InChI=1S/C19H20N2O3/c1-19(2,18(23)24)15-9-14(10-20-11-15)12-4-6-16-13(8-12)5-7-17(22)21(16)3/h4,6,8-11H,5,7H2,1-3H3,(H,23,24). The van der Waals surface area contributed by atoms with Gasteiger partial charge in [0.15, 0.2) is 0 Å². The second-order valence-corrected chi connectivity index (χ2v) is 6.69. The normalized spacial score (nSPS) is 14.5. The molecule has 1 N–H and O–H groups in total. The van der Waals surface area contributed by atoms with Gasteiger partial charge in [-0.2, -0.15) is 0 Å². The smallest absolute Gasteiger partial charge is 0.313 e. The lowest BCUT2D eigenvalue weighted by Crippen LogP contribution is -2.31. The number of carboxylic acids is 1. The Bertz CT molecular complexity index is 827. The van der Waals surface area contributed by atoms with Gasteiger partial charge in [-0.05, 0) is 55.2 Å². The van der Waals surface area contributed by atoms with Gasteiger partial charge in [-0.25, -0.2) is 0 Å². The average Bonchev–Trinajstić information content (AvgIpc) is 2.58. The molecule has 124 valence electrons. The summed E-state index contributed by atoms with van der Waals surface area (Å²) in [7, 11) is 1.79. The van der Waals surface area contributed by atoms with E-state index in [-0.39, 0.29) is 5.91 Å². The molecule has 0 radical (unpaired) electrons. The first-order valence-electron chi connectivity index (χ1n) is 7.89. The number of carbonyl (C=O) groups is 2. The molecule has 5 heteroatoms. The molecule has 3 rings (SSSR count). The highest BCUT2D eigenvalue weighted by atomic mass is 16.4. The van der Waals surface area contributed by atoms with Crippen LogP contribution >= 0.6 is 0 Å². The van der Waals surface area contributed by atoms with Crippen molar-refractivity contribution in [3.63, 3.8) is 0 Å². The van der Waals surface area contributed by atoms with E-state index in [9.17, 15) is 14.7 Å². The molecule has 5 nitrogen and oxygen atoms in total. The molecule has 0 fully saturated rings. The van der Waals surface area contributed by atoms with Crippen LogP contribution in [0.2, 0.25) is 0 Å². The number of benzene rings is 1. The highest BCUT2D eigenvalue weighted by molar-refractivity contribution is 5.96. The number of aliphatic carboxylic acids is 1. The molecular weight excluding hydrogens is 304 g/mol. The molecule has 0 aliphatic carbocycles. The third kappa shape index (κ3) is 2.66. The fourth-order valence-corrected chi connectivity index (χ4v) is 2.90. The largest absolute Gasteiger partial charge is 0.481 e. The van der Waals surface area contributed by atoms with Crippen LogP contribution in [0.15, 0.2) is 36.7 Å². The van der Waals surface area contributed by atoms with Crippen molar-refractivity contribution >= 4 is 17.6 Å². The Labute approximate surface area is 140 Å². The number of fused-ring (bicyclic) bond motifs is 1. The number of hydrogen-bond acceptors (Lipinski definition) is 3. The van der Waals surface area contributed by atoms with Gasteiger partial charge in [0.1, 0.15) is 0 Å². The summed E-state index contributed by atoms with van der Waals surface area (Å²) >= 11 is 0. The van der Waals surface area contributed by atoms with Crippen LogP contribution in [0.25, 0.3) is 11.1 Å². The van der Waals surface area contributed by atoms with Crippen LogP contribution in [0, 0.1) is 0 Å². The van der Waals surface area contributed by atoms with Gasteiger partial charge in [0, 0.05) is 37.1 Å². The van der Waals surface area contributed by atoms with Crippen LogP contribution in [-0.4, -0.2) is 29.0 Å². The van der Waals surface area contributed by atoms with Crippen molar-refractivity contribution in [3.05, 3.63) is 47.8 Å². The van der Waals surface area contributed by atoms with Crippen molar-refractivity contribution in [2.45, 2.75) is 32.1 Å². The van der Waals surface area contributed by atoms with E-state index in [0.717, 1.165) is 28.8 Å². The molecule has 0 unspecified atom stereocenters. The third-order valence-electron chi connectivity index (χ3n) is 4.75. The predicted molar refractivity (Wildman–Crippen MR) is 92.1 cm³/mol. The summed E-state index contributed by atoms with van der Waals surface area (Å²) in [5, 5.41) is 9.40. The van der Waals surface area contributed by atoms with Crippen molar-refractivity contribution in [2.24, 2.45) is 0 Å². The molecule has 1 amide bonds. The number of hydrogen-bond donors (Lipinski definition) is 1. The first kappa shape index (κ1) is 16.2. The zero-order valence-corrected chi connectivity index (χ0v) is 14.0. The number of amides is 1. The van der Waals surface area contributed by atoms with Crippen molar-refractivity contribution in [2.75, 3.05) is 11.9 Å². The van der Waals surface area contributed by atoms with E-state index in [0.29, 0.717) is 12.0 Å². The van der Waals surface area contributed by atoms with E-state index < -0.39 is 11.4 Å². The van der Waals surface area contributed by atoms with E-state index in [1.54, 1.807) is 38.2 Å². The summed E-state index contributed by atoms with van der Waals surface area (Å²) in [5.41, 5.74) is 3.58. The fraction of sp³-hybridized carbons (Fsp3) is 0.316. The third-order valence-corrected chi connectivity index (χ3v) is 4.75. The number of pyridine rings is 1. The highest BCUT2D eigenvalue weighted by Gasteiger charge is 2.30. The first-order valence-corrected chi connectivity index (χ1v) is 7.89.